The van der Waals surface area contributed by atoms with Crippen molar-refractivity contribution in [2.75, 3.05) is 32.7 Å². The van der Waals surface area contributed by atoms with Crippen LogP contribution in [0, 0.1) is 0 Å². The van der Waals surface area contributed by atoms with Crippen molar-refractivity contribution in [1.29, 1.82) is 0 Å². The van der Waals surface area contributed by atoms with Gasteiger partial charge in [0.05, 0.1) is 6.54 Å². The molecule has 3 nitrogen and oxygen atoms in total. The molecule has 0 radical (unpaired) electrons. The lowest BCUT2D eigenvalue weighted by atomic mass is 10.1. The average Bonchev–Trinajstić information content (AvgIpc) is 3.39. The SMILES string of the molecule is c1ccc(CCN2CCCN(Cc3cc4cc(-c5ccsc5)ccc4o3)CC2)cc1. The number of fused-ring (bicyclic) bond motifs is 1. The highest BCUT2D eigenvalue weighted by atomic mass is 32.1. The zero-order chi connectivity index (χ0) is 20.2. The fourth-order valence-electron chi connectivity index (χ4n) is 4.34. The molecule has 1 aliphatic heterocycles. The van der Waals surface area contributed by atoms with E-state index in [1.165, 1.54) is 35.0 Å². The molecule has 1 fully saturated rings. The quantitative estimate of drug-likeness (QED) is 0.389. The van der Waals surface area contributed by atoms with Crippen molar-refractivity contribution >= 4 is 22.3 Å². The second-order valence-electron chi connectivity index (χ2n) is 8.18. The number of benzene rings is 2. The lowest BCUT2D eigenvalue weighted by Gasteiger charge is -2.21. The maximum Gasteiger partial charge on any atom is 0.134 e. The summed E-state index contributed by atoms with van der Waals surface area (Å²) in [5.41, 5.74) is 4.97. The number of hydrogen-bond acceptors (Lipinski definition) is 4. The summed E-state index contributed by atoms with van der Waals surface area (Å²) in [4.78, 5) is 5.15. The van der Waals surface area contributed by atoms with Gasteiger partial charge in [0.25, 0.3) is 0 Å². The molecule has 0 aliphatic carbocycles. The van der Waals surface area contributed by atoms with Crippen molar-refractivity contribution in [3.05, 3.63) is 82.7 Å². The molecular formula is C26H28N2OS. The molecular weight excluding hydrogens is 388 g/mol. The van der Waals surface area contributed by atoms with Crippen LogP contribution in [-0.4, -0.2) is 42.5 Å². The van der Waals surface area contributed by atoms with Crippen molar-refractivity contribution in [1.82, 2.24) is 9.80 Å². The second-order valence-corrected chi connectivity index (χ2v) is 8.96. The van der Waals surface area contributed by atoms with Crippen molar-refractivity contribution in [3.63, 3.8) is 0 Å². The van der Waals surface area contributed by atoms with Crippen LogP contribution in [-0.2, 0) is 13.0 Å². The molecule has 4 aromatic rings. The Labute approximate surface area is 182 Å². The number of rotatable bonds is 6. The van der Waals surface area contributed by atoms with Crippen LogP contribution in [0.2, 0.25) is 0 Å². The van der Waals surface area contributed by atoms with Crippen molar-refractivity contribution in [2.24, 2.45) is 0 Å². The van der Waals surface area contributed by atoms with Crippen LogP contribution in [0.15, 0.2) is 75.8 Å². The van der Waals surface area contributed by atoms with Crippen LogP contribution in [0.25, 0.3) is 22.1 Å². The van der Waals surface area contributed by atoms with Crippen LogP contribution >= 0.6 is 11.3 Å². The fourth-order valence-corrected chi connectivity index (χ4v) is 5.01. The summed E-state index contributed by atoms with van der Waals surface area (Å²) < 4.78 is 6.16. The molecule has 3 heterocycles. The molecule has 154 valence electrons. The highest BCUT2D eigenvalue weighted by molar-refractivity contribution is 7.08. The molecule has 1 saturated heterocycles. The largest absolute Gasteiger partial charge is 0.460 e. The normalized spacial score (nSPS) is 16.1. The van der Waals surface area contributed by atoms with Crippen LogP contribution < -0.4 is 0 Å². The molecule has 2 aromatic carbocycles. The predicted molar refractivity (Wildman–Crippen MR) is 126 cm³/mol. The minimum atomic E-state index is 0.898. The highest BCUT2D eigenvalue weighted by Crippen LogP contribution is 2.28. The van der Waals surface area contributed by atoms with Crippen LogP contribution in [0.3, 0.4) is 0 Å². The first-order valence-electron chi connectivity index (χ1n) is 10.9. The van der Waals surface area contributed by atoms with E-state index in [0.717, 1.165) is 50.5 Å². The van der Waals surface area contributed by atoms with Gasteiger partial charge in [-0.25, -0.2) is 0 Å². The molecule has 1 aliphatic rings. The van der Waals surface area contributed by atoms with Gasteiger partial charge in [0.1, 0.15) is 11.3 Å². The van der Waals surface area contributed by atoms with Gasteiger partial charge in [-0.15, -0.1) is 0 Å². The number of hydrogen-bond donors (Lipinski definition) is 0. The summed E-state index contributed by atoms with van der Waals surface area (Å²) in [5, 5.41) is 5.53. The van der Waals surface area contributed by atoms with Gasteiger partial charge >= 0.3 is 0 Å². The maximum absolute atomic E-state index is 6.16. The third kappa shape index (κ3) is 4.67. The van der Waals surface area contributed by atoms with Gasteiger partial charge in [0.15, 0.2) is 0 Å². The van der Waals surface area contributed by atoms with Crippen LogP contribution in [0.1, 0.15) is 17.7 Å². The van der Waals surface area contributed by atoms with Gasteiger partial charge in [-0.1, -0.05) is 36.4 Å². The molecule has 5 rings (SSSR count). The van der Waals surface area contributed by atoms with Crippen LogP contribution in [0.4, 0.5) is 0 Å². The molecule has 0 amide bonds. The Bertz CT molecular complexity index is 1070. The third-order valence-electron chi connectivity index (χ3n) is 6.04. The third-order valence-corrected chi connectivity index (χ3v) is 6.73. The summed E-state index contributed by atoms with van der Waals surface area (Å²) in [6.45, 7) is 6.61. The predicted octanol–water partition coefficient (Wildman–Crippen LogP) is 5.91. The van der Waals surface area contributed by atoms with Gasteiger partial charge in [-0.2, -0.15) is 11.3 Å². The number of thiophene rings is 1. The Kier molecular flexibility index (Phi) is 5.98. The first-order chi connectivity index (χ1) is 14.8. The van der Waals surface area contributed by atoms with E-state index in [1.54, 1.807) is 11.3 Å². The minimum absolute atomic E-state index is 0.898. The highest BCUT2D eigenvalue weighted by Gasteiger charge is 2.16. The van der Waals surface area contributed by atoms with Gasteiger partial charge in [0.2, 0.25) is 0 Å². The summed E-state index contributed by atoms with van der Waals surface area (Å²) in [5.74, 6) is 1.07. The molecule has 4 heteroatoms. The Morgan fingerprint density at radius 1 is 0.833 bits per heavy atom. The molecule has 30 heavy (non-hydrogen) atoms. The maximum atomic E-state index is 6.16. The zero-order valence-corrected chi connectivity index (χ0v) is 18.1. The van der Waals surface area contributed by atoms with E-state index < -0.39 is 0 Å². The zero-order valence-electron chi connectivity index (χ0n) is 17.3. The number of nitrogens with zero attached hydrogens (tertiary/aromatic N) is 2. The summed E-state index contributed by atoms with van der Waals surface area (Å²) in [6, 6.07) is 21.7. The first-order valence-corrected chi connectivity index (χ1v) is 11.8. The van der Waals surface area contributed by atoms with E-state index in [4.69, 9.17) is 4.42 Å². The molecule has 0 atom stereocenters. The van der Waals surface area contributed by atoms with Gasteiger partial charge in [-0.05, 0) is 77.6 Å². The van der Waals surface area contributed by atoms with E-state index in [-0.39, 0.29) is 0 Å². The minimum Gasteiger partial charge on any atom is -0.460 e. The Morgan fingerprint density at radius 3 is 2.57 bits per heavy atom. The van der Waals surface area contributed by atoms with E-state index in [9.17, 15) is 0 Å². The summed E-state index contributed by atoms with van der Waals surface area (Å²) in [7, 11) is 0. The van der Waals surface area contributed by atoms with Crippen molar-refractivity contribution in [3.8, 4) is 11.1 Å². The average molecular weight is 417 g/mol. The van der Waals surface area contributed by atoms with Gasteiger partial charge in [-0.3, -0.25) is 4.90 Å². The fraction of sp³-hybridized carbons (Fsp3) is 0.308. The van der Waals surface area contributed by atoms with Crippen molar-refractivity contribution < 1.29 is 4.42 Å². The standard InChI is InChI=1S/C26H28N2OS/c1-2-5-21(6-3-1)9-13-27-11-4-12-28(15-14-27)19-25-18-24-17-22(7-8-26(24)29-25)23-10-16-30-20-23/h1-3,5-8,10,16-18,20H,4,9,11-15,19H2. The molecule has 0 bridgehead atoms. The summed E-state index contributed by atoms with van der Waals surface area (Å²) >= 11 is 1.74. The Morgan fingerprint density at radius 2 is 1.70 bits per heavy atom. The molecule has 0 saturated carbocycles. The Balaban J connectivity index is 1.19. The lowest BCUT2D eigenvalue weighted by molar-refractivity contribution is 0.240. The van der Waals surface area contributed by atoms with E-state index >= 15 is 0 Å². The summed E-state index contributed by atoms with van der Waals surface area (Å²) in [6.07, 6.45) is 2.36. The Hall–Kier alpha value is -2.40. The molecule has 0 spiro atoms. The van der Waals surface area contributed by atoms with Crippen molar-refractivity contribution in [2.45, 2.75) is 19.4 Å². The number of furan rings is 1. The first kappa shape index (κ1) is 19.6. The second kappa shape index (κ2) is 9.17. The van der Waals surface area contributed by atoms with E-state index in [2.05, 4.69) is 81.2 Å². The molecule has 2 aromatic heterocycles. The smallest absolute Gasteiger partial charge is 0.134 e. The van der Waals surface area contributed by atoms with E-state index in [0.29, 0.717) is 0 Å². The molecule has 0 unspecified atom stereocenters. The lowest BCUT2D eigenvalue weighted by Crippen LogP contribution is -2.31. The van der Waals surface area contributed by atoms with E-state index in [1.807, 2.05) is 0 Å². The van der Waals surface area contributed by atoms with Gasteiger partial charge in [0, 0.05) is 25.0 Å². The monoisotopic (exact) mass is 416 g/mol. The van der Waals surface area contributed by atoms with Crippen LogP contribution in [0.5, 0.6) is 0 Å². The topological polar surface area (TPSA) is 19.6 Å². The molecule has 0 N–H and O–H groups in total. The van der Waals surface area contributed by atoms with Gasteiger partial charge < -0.3 is 9.32 Å².